The van der Waals surface area contributed by atoms with Gasteiger partial charge in [-0.05, 0) is 39.3 Å². The second-order valence-corrected chi connectivity index (χ2v) is 7.17. The highest BCUT2D eigenvalue weighted by molar-refractivity contribution is 5.93. The lowest BCUT2D eigenvalue weighted by Crippen LogP contribution is -2.43. The molecule has 0 unspecified atom stereocenters. The Morgan fingerprint density at radius 2 is 1.87 bits per heavy atom. The Morgan fingerprint density at radius 3 is 2.65 bits per heavy atom. The third-order valence-electron chi connectivity index (χ3n) is 5.25. The fourth-order valence-electron chi connectivity index (χ4n) is 4.05. The van der Waals surface area contributed by atoms with Gasteiger partial charge in [0.05, 0.1) is 23.2 Å². The molecule has 2 heterocycles. The number of ketones is 1. The van der Waals surface area contributed by atoms with Crippen molar-refractivity contribution in [1.29, 1.82) is 0 Å². The van der Waals surface area contributed by atoms with Crippen molar-refractivity contribution >= 4 is 5.78 Å². The van der Waals surface area contributed by atoms with E-state index < -0.39 is 5.41 Å². The minimum absolute atomic E-state index is 0.0155. The van der Waals surface area contributed by atoms with E-state index in [2.05, 4.69) is 20.8 Å². The van der Waals surface area contributed by atoms with Crippen LogP contribution in [0.3, 0.4) is 0 Å². The second-order valence-electron chi connectivity index (χ2n) is 7.17. The molecule has 1 aliphatic carbocycles. The van der Waals surface area contributed by atoms with Crippen molar-refractivity contribution < 1.29 is 19.0 Å². The summed E-state index contributed by atoms with van der Waals surface area (Å²) in [6.07, 6.45) is 2.60. The third-order valence-corrected chi connectivity index (χ3v) is 5.25. The summed E-state index contributed by atoms with van der Waals surface area (Å²) >= 11 is 0. The highest BCUT2D eigenvalue weighted by Crippen LogP contribution is 2.55. The Hall–Kier alpha value is -1.97. The molecule has 0 saturated carbocycles. The van der Waals surface area contributed by atoms with E-state index >= 15 is 0 Å². The molecule has 1 aromatic carbocycles. The van der Waals surface area contributed by atoms with Crippen LogP contribution in [-0.2, 0) is 14.9 Å². The predicted octanol–water partition coefficient (Wildman–Crippen LogP) is 3.45. The molecule has 0 radical (unpaired) electrons. The van der Waals surface area contributed by atoms with E-state index in [0.717, 1.165) is 34.8 Å². The average molecular weight is 314 g/mol. The Kier molecular flexibility index (Phi) is 3.03. The normalized spacial score (nSPS) is 34.9. The SMILES string of the molecule is Cc1ccc2c3c1O[C@@H](C)C[C@H](C)OC1=CC(=O)C[C@@H](O2)[C@]13C. The van der Waals surface area contributed by atoms with E-state index in [-0.39, 0.29) is 24.1 Å². The maximum Gasteiger partial charge on any atom is 0.162 e. The Balaban J connectivity index is 1.99. The summed E-state index contributed by atoms with van der Waals surface area (Å²) in [5.41, 5.74) is 1.65. The van der Waals surface area contributed by atoms with Gasteiger partial charge in [-0.2, -0.15) is 0 Å². The molecule has 1 aromatic rings. The van der Waals surface area contributed by atoms with Gasteiger partial charge in [0, 0.05) is 18.9 Å². The molecule has 0 spiro atoms. The van der Waals surface area contributed by atoms with Gasteiger partial charge in [-0.3, -0.25) is 4.79 Å². The van der Waals surface area contributed by atoms with Crippen molar-refractivity contribution in [2.75, 3.05) is 0 Å². The van der Waals surface area contributed by atoms with Crippen LogP contribution in [0.25, 0.3) is 0 Å². The van der Waals surface area contributed by atoms with Crippen molar-refractivity contribution in [3.63, 3.8) is 0 Å². The zero-order valence-electron chi connectivity index (χ0n) is 14.0. The first kappa shape index (κ1) is 14.6. The molecule has 0 N–H and O–H groups in total. The molecule has 0 fully saturated rings. The number of ether oxygens (including phenoxy) is 3. The number of hydrogen-bond acceptors (Lipinski definition) is 4. The molecule has 23 heavy (non-hydrogen) atoms. The summed E-state index contributed by atoms with van der Waals surface area (Å²) in [6, 6.07) is 4.00. The molecule has 0 saturated heterocycles. The first-order valence-corrected chi connectivity index (χ1v) is 8.28. The van der Waals surface area contributed by atoms with Crippen LogP contribution in [0, 0.1) is 6.92 Å². The standard InChI is InChI=1S/C19H22O4/c1-10-5-6-14-17-18(10)22-12(3)7-11(2)21-15-8-13(20)9-16(23-14)19(15,17)4/h5-6,8,11-12,16H,7,9H2,1-4H3/t11-,12-,16+,19-/m0/s1. The smallest absolute Gasteiger partial charge is 0.162 e. The number of carbonyl (C=O) groups excluding carboxylic acids is 1. The maximum atomic E-state index is 12.1. The highest BCUT2D eigenvalue weighted by Gasteiger charge is 2.55. The fourth-order valence-corrected chi connectivity index (χ4v) is 4.05. The molecular formula is C19H22O4. The largest absolute Gasteiger partial charge is 0.494 e. The van der Waals surface area contributed by atoms with E-state index in [4.69, 9.17) is 14.2 Å². The maximum absolute atomic E-state index is 12.1. The van der Waals surface area contributed by atoms with Gasteiger partial charge in [-0.15, -0.1) is 0 Å². The van der Waals surface area contributed by atoms with Gasteiger partial charge < -0.3 is 14.2 Å². The van der Waals surface area contributed by atoms with E-state index in [1.54, 1.807) is 6.08 Å². The van der Waals surface area contributed by atoms with Crippen molar-refractivity contribution in [1.82, 2.24) is 0 Å². The summed E-state index contributed by atoms with van der Waals surface area (Å²) < 4.78 is 18.6. The Labute approximate surface area is 136 Å². The zero-order valence-corrected chi connectivity index (χ0v) is 14.0. The van der Waals surface area contributed by atoms with Gasteiger partial charge in [-0.25, -0.2) is 0 Å². The lowest BCUT2D eigenvalue weighted by molar-refractivity contribution is -0.118. The number of hydrogen-bond donors (Lipinski definition) is 0. The van der Waals surface area contributed by atoms with E-state index in [1.807, 2.05) is 19.1 Å². The first-order valence-electron chi connectivity index (χ1n) is 8.28. The van der Waals surface area contributed by atoms with E-state index in [1.165, 1.54) is 0 Å². The molecule has 4 rings (SSSR count). The number of aryl methyl sites for hydroxylation is 1. The summed E-state index contributed by atoms with van der Waals surface area (Å²) in [7, 11) is 0. The summed E-state index contributed by atoms with van der Waals surface area (Å²) in [5, 5.41) is 0. The molecule has 4 nitrogen and oxygen atoms in total. The van der Waals surface area contributed by atoms with Gasteiger partial charge >= 0.3 is 0 Å². The third kappa shape index (κ3) is 2.00. The molecule has 3 aliphatic rings. The molecule has 0 bridgehead atoms. The molecule has 122 valence electrons. The van der Waals surface area contributed by atoms with Crippen LogP contribution < -0.4 is 9.47 Å². The highest BCUT2D eigenvalue weighted by atomic mass is 16.5. The van der Waals surface area contributed by atoms with Crippen molar-refractivity contribution in [3.05, 3.63) is 35.1 Å². The summed E-state index contributed by atoms with van der Waals surface area (Å²) in [6.45, 7) is 8.25. The average Bonchev–Trinajstić information content (AvgIpc) is 2.76. The monoisotopic (exact) mass is 314 g/mol. The van der Waals surface area contributed by atoms with Crippen LogP contribution in [0.15, 0.2) is 24.0 Å². The molecule has 4 heteroatoms. The van der Waals surface area contributed by atoms with E-state index in [9.17, 15) is 4.79 Å². The van der Waals surface area contributed by atoms with Gasteiger partial charge in [0.25, 0.3) is 0 Å². The van der Waals surface area contributed by atoms with Crippen LogP contribution in [0.1, 0.15) is 44.7 Å². The van der Waals surface area contributed by atoms with Crippen LogP contribution in [0.4, 0.5) is 0 Å². The van der Waals surface area contributed by atoms with Gasteiger partial charge in [0.1, 0.15) is 23.4 Å². The quantitative estimate of drug-likeness (QED) is 0.736. The number of rotatable bonds is 0. The lowest BCUT2D eigenvalue weighted by Gasteiger charge is -2.36. The zero-order chi connectivity index (χ0) is 16.4. The molecule has 2 aliphatic heterocycles. The molecular weight excluding hydrogens is 292 g/mol. The molecule has 4 atom stereocenters. The van der Waals surface area contributed by atoms with Crippen molar-refractivity contribution in [2.45, 2.75) is 64.3 Å². The second kappa shape index (κ2) is 4.76. The van der Waals surface area contributed by atoms with Crippen LogP contribution in [0.2, 0.25) is 0 Å². The van der Waals surface area contributed by atoms with E-state index in [0.29, 0.717) is 6.42 Å². The fraction of sp³-hybridized carbons (Fsp3) is 0.526. The lowest BCUT2D eigenvalue weighted by atomic mass is 9.71. The minimum Gasteiger partial charge on any atom is -0.494 e. The van der Waals surface area contributed by atoms with Crippen molar-refractivity contribution in [2.24, 2.45) is 0 Å². The molecule has 0 aromatic heterocycles. The number of benzene rings is 1. The number of allylic oxidation sites excluding steroid dienone is 1. The first-order chi connectivity index (χ1) is 10.9. The molecule has 0 amide bonds. The summed E-state index contributed by atoms with van der Waals surface area (Å²) in [4.78, 5) is 12.1. The summed E-state index contributed by atoms with van der Waals surface area (Å²) in [5.74, 6) is 2.48. The number of carbonyl (C=O) groups is 1. The van der Waals surface area contributed by atoms with Gasteiger partial charge in [-0.1, -0.05) is 6.07 Å². The van der Waals surface area contributed by atoms with Gasteiger partial charge in [0.15, 0.2) is 5.78 Å². The van der Waals surface area contributed by atoms with Gasteiger partial charge in [0.2, 0.25) is 0 Å². The van der Waals surface area contributed by atoms with Crippen LogP contribution in [-0.4, -0.2) is 24.1 Å². The topological polar surface area (TPSA) is 44.8 Å². The van der Waals surface area contributed by atoms with Crippen LogP contribution in [0.5, 0.6) is 11.5 Å². The predicted molar refractivity (Wildman–Crippen MR) is 85.9 cm³/mol. The minimum atomic E-state index is -0.469. The Morgan fingerprint density at radius 1 is 1.13 bits per heavy atom. The van der Waals surface area contributed by atoms with Crippen LogP contribution >= 0.6 is 0 Å². The Bertz CT molecular complexity index is 720. The van der Waals surface area contributed by atoms with Crippen molar-refractivity contribution in [3.8, 4) is 11.5 Å².